The van der Waals surface area contributed by atoms with Crippen LogP contribution in [-0.4, -0.2) is 45.4 Å². The first kappa shape index (κ1) is 19.8. The Morgan fingerprint density at radius 2 is 2.14 bits per heavy atom. The molecule has 0 amide bonds. The fraction of sp³-hybridized carbons (Fsp3) is 0.450. The molecule has 0 spiro atoms. The fourth-order valence-electron chi connectivity index (χ4n) is 4.06. The third-order valence-corrected chi connectivity index (χ3v) is 6.53. The molecule has 2 aromatic heterocycles. The Morgan fingerprint density at radius 1 is 1.41 bits per heavy atom. The molecule has 154 valence electrons. The lowest BCUT2D eigenvalue weighted by Gasteiger charge is -2.33. The molecule has 1 aliphatic heterocycles. The number of likely N-dealkylation sites (tertiary alicyclic amines) is 1. The van der Waals surface area contributed by atoms with Crippen molar-refractivity contribution in [3.8, 4) is 5.88 Å². The molecule has 3 aromatic rings. The van der Waals surface area contributed by atoms with E-state index in [0.717, 1.165) is 4.90 Å². The highest BCUT2D eigenvalue weighted by Gasteiger charge is 2.38. The Hall–Kier alpha value is -2.52. The lowest BCUT2D eigenvalue weighted by atomic mass is 9.93. The van der Waals surface area contributed by atoms with Crippen LogP contribution in [-0.2, 0) is 9.53 Å². The van der Waals surface area contributed by atoms with Crippen molar-refractivity contribution in [1.82, 2.24) is 14.6 Å². The Morgan fingerprint density at radius 3 is 2.79 bits per heavy atom. The van der Waals surface area contributed by atoms with Crippen molar-refractivity contribution in [1.29, 1.82) is 0 Å². The number of rotatable bonds is 5. The van der Waals surface area contributed by atoms with Gasteiger partial charge in [0.2, 0.25) is 10.8 Å². The van der Waals surface area contributed by atoms with E-state index in [0.29, 0.717) is 53.8 Å². The molecular weight excluding hydrogens is 395 g/mol. The minimum atomic E-state index is -0.395. The normalized spacial score (nSPS) is 20.7. The van der Waals surface area contributed by atoms with Crippen LogP contribution in [0.1, 0.15) is 42.1 Å². The quantitative estimate of drug-likeness (QED) is 0.618. The van der Waals surface area contributed by atoms with Crippen molar-refractivity contribution in [3.63, 3.8) is 0 Å². The summed E-state index contributed by atoms with van der Waals surface area (Å²) >= 11 is 1.33. The standard InChI is InChI=1S/C20H23FN4O3S/c1-3-28-19(27)13-8-10-24(11-9-13)16(14-6-4-5-7-15(14)21)17-18(26)25-20(29-17)22-12(2)23-25/h4-7,13,16,26H,3,8-11H2,1-2H3/p+1/t16-/m0/s1. The molecule has 4 rings (SSSR count). The zero-order valence-electron chi connectivity index (χ0n) is 16.4. The number of carbonyl (C=O) groups is 1. The summed E-state index contributed by atoms with van der Waals surface area (Å²) < 4.78 is 21.3. The minimum Gasteiger partial charge on any atom is -0.492 e. The summed E-state index contributed by atoms with van der Waals surface area (Å²) in [5.74, 6) is -0.0289. The molecule has 7 nitrogen and oxygen atoms in total. The SMILES string of the molecule is CCOC(=O)C1CC[NH+]([C@@H](c2ccccc2F)c2sc3nc(C)nn3c2O)CC1. The van der Waals surface area contributed by atoms with Crippen molar-refractivity contribution in [2.45, 2.75) is 32.7 Å². The van der Waals surface area contributed by atoms with E-state index in [9.17, 15) is 14.3 Å². The van der Waals surface area contributed by atoms with Crippen LogP contribution < -0.4 is 4.90 Å². The highest BCUT2D eigenvalue weighted by Crippen LogP contribution is 2.36. The molecule has 1 aromatic carbocycles. The average molecular weight is 420 g/mol. The van der Waals surface area contributed by atoms with E-state index in [1.165, 1.54) is 21.9 Å². The van der Waals surface area contributed by atoms with Gasteiger partial charge in [0.25, 0.3) is 0 Å². The smallest absolute Gasteiger partial charge is 0.309 e. The Bertz CT molecular complexity index is 1030. The van der Waals surface area contributed by atoms with Gasteiger partial charge in [-0.25, -0.2) is 9.37 Å². The van der Waals surface area contributed by atoms with E-state index in [4.69, 9.17) is 4.74 Å². The van der Waals surface area contributed by atoms with Crippen molar-refractivity contribution in [2.24, 2.45) is 5.92 Å². The van der Waals surface area contributed by atoms with Gasteiger partial charge in [-0.05, 0) is 26.0 Å². The predicted octanol–water partition coefficient (Wildman–Crippen LogP) is 1.89. The molecule has 0 unspecified atom stereocenters. The first-order valence-electron chi connectivity index (χ1n) is 9.80. The van der Waals surface area contributed by atoms with Crippen molar-refractivity contribution >= 4 is 22.3 Å². The number of aromatic nitrogens is 3. The number of halogens is 1. The Labute approximate surface area is 171 Å². The lowest BCUT2D eigenvalue weighted by molar-refractivity contribution is -0.930. The number of carbonyl (C=O) groups excluding carboxylic acids is 1. The second-order valence-electron chi connectivity index (χ2n) is 7.28. The monoisotopic (exact) mass is 419 g/mol. The summed E-state index contributed by atoms with van der Waals surface area (Å²) in [6.45, 7) is 5.29. The maximum absolute atomic E-state index is 14.8. The van der Waals surface area contributed by atoms with Crippen LogP contribution in [0.4, 0.5) is 4.39 Å². The van der Waals surface area contributed by atoms with Gasteiger partial charge in [-0.15, -0.1) is 5.10 Å². The van der Waals surface area contributed by atoms with Gasteiger partial charge < -0.3 is 14.7 Å². The third kappa shape index (κ3) is 3.72. The molecule has 0 bridgehead atoms. The summed E-state index contributed by atoms with van der Waals surface area (Å²) in [6.07, 6.45) is 1.33. The van der Waals surface area contributed by atoms with Gasteiger partial charge in [-0.1, -0.05) is 23.5 Å². The van der Waals surface area contributed by atoms with Crippen LogP contribution in [0.2, 0.25) is 0 Å². The molecule has 0 saturated carbocycles. The summed E-state index contributed by atoms with van der Waals surface area (Å²) in [6, 6.07) is 6.25. The number of hydrogen-bond donors (Lipinski definition) is 2. The molecule has 1 saturated heterocycles. The van der Waals surface area contributed by atoms with Gasteiger partial charge in [-0.2, -0.15) is 4.52 Å². The molecule has 1 fully saturated rings. The molecule has 0 aliphatic carbocycles. The number of nitrogens with zero attached hydrogens (tertiary/aromatic N) is 3. The van der Waals surface area contributed by atoms with Gasteiger partial charge in [0.05, 0.1) is 31.2 Å². The fourth-order valence-corrected chi connectivity index (χ4v) is 5.24. The van der Waals surface area contributed by atoms with Crippen molar-refractivity contribution in [3.05, 3.63) is 46.3 Å². The summed E-state index contributed by atoms with van der Waals surface area (Å²) in [7, 11) is 0. The Kier molecular flexibility index (Phi) is 5.51. The predicted molar refractivity (Wildman–Crippen MR) is 106 cm³/mol. The number of quaternary nitrogens is 1. The number of aryl methyl sites for hydroxylation is 1. The van der Waals surface area contributed by atoms with Crippen LogP contribution in [0, 0.1) is 18.7 Å². The molecule has 29 heavy (non-hydrogen) atoms. The zero-order chi connectivity index (χ0) is 20.5. The zero-order valence-corrected chi connectivity index (χ0v) is 17.2. The molecule has 1 atom stereocenters. The van der Waals surface area contributed by atoms with Gasteiger partial charge >= 0.3 is 5.97 Å². The van der Waals surface area contributed by atoms with Crippen LogP contribution in [0.3, 0.4) is 0 Å². The van der Waals surface area contributed by atoms with Crippen LogP contribution >= 0.6 is 11.3 Å². The van der Waals surface area contributed by atoms with Gasteiger partial charge in [0, 0.05) is 12.8 Å². The maximum Gasteiger partial charge on any atom is 0.309 e. The molecule has 9 heteroatoms. The van der Waals surface area contributed by atoms with Crippen LogP contribution in [0.25, 0.3) is 4.96 Å². The second-order valence-corrected chi connectivity index (χ2v) is 8.29. The molecule has 2 N–H and O–H groups in total. The van der Waals surface area contributed by atoms with E-state index in [2.05, 4.69) is 10.1 Å². The number of hydrogen-bond acceptors (Lipinski definition) is 6. The molecule has 3 heterocycles. The first-order valence-corrected chi connectivity index (χ1v) is 10.6. The number of fused-ring (bicyclic) bond motifs is 1. The number of esters is 1. The van der Waals surface area contributed by atoms with Crippen molar-refractivity contribution < 1.29 is 23.9 Å². The van der Waals surface area contributed by atoms with E-state index in [1.807, 2.05) is 0 Å². The number of benzene rings is 1. The van der Waals surface area contributed by atoms with Crippen LogP contribution in [0.15, 0.2) is 24.3 Å². The van der Waals surface area contributed by atoms with Gasteiger partial charge in [-0.3, -0.25) is 4.79 Å². The van der Waals surface area contributed by atoms with E-state index in [1.54, 1.807) is 32.0 Å². The molecular formula is C20H24FN4O3S+. The average Bonchev–Trinajstić information content (AvgIpc) is 3.22. The topological polar surface area (TPSA) is 81.2 Å². The number of piperidine rings is 1. The third-order valence-electron chi connectivity index (χ3n) is 5.44. The largest absolute Gasteiger partial charge is 0.492 e. The van der Waals surface area contributed by atoms with E-state index >= 15 is 0 Å². The van der Waals surface area contributed by atoms with Crippen molar-refractivity contribution in [2.75, 3.05) is 19.7 Å². The number of ether oxygens (including phenoxy) is 1. The summed E-state index contributed by atoms with van der Waals surface area (Å²) in [4.78, 5) is 18.7. The van der Waals surface area contributed by atoms with Gasteiger partial charge in [0.1, 0.15) is 16.5 Å². The summed E-state index contributed by atoms with van der Waals surface area (Å²) in [5, 5.41) is 15.1. The number of thiazole rings is 1. The lowest BCUT2D eigenvalue weighted by Crippen LogP contribution is -3.13. The second kappa shape index (κ2) is 8.08. The molecule has 0 radical (unpaired) electrons. The maximum atomic E-state index is 14.8. The number of aromatic hydroxyl groups is 1. The van der Waals surface area contributed by atoms with E-state index in [-0.39, 0.29) is 23.6 Å². The van der Waals surface area contributed by atoms with Crippen LogP contribution in [0.5, 0.6) is 5.88 Å². The first-order chi connectivity index (χ1) is 14.0. The highest BCUT2D eigenvalue weighted by atomic mass is 32.1. The number of nitrogens with one attached hydrogen (secondary N) is 1. The Balaban J connectivity index is 1.69. The molecule has 1 aliphatic rings. The minimum absolute atomic E-state index is 0.00105. The summed E-state index contributed by atoms with van der Waals surface area (Å²) in [5.41, 5.74) is 0.522. The highest BCUT2D eigenvalue weighted by molar-refractivity contribution is 7.17. The van der Waals surface area contributed by atoms with E-state index < -0.39 is 6.04 Å². The van der Waals surface area contributed by atoms with Gasteiger partial charge in [0.15, 0.2) is 6.04 Å².